The number of carbonyl (C=O) groups is 6. The molecule has 1 N–H and O–H groups in total. The third-order valence-electron chi connectivity index (χ3n) is 8.73. The summed E-state index contributed by atoms with van der Waals surface area (Å²) in [6.45, 7) is 11.7. The molecule has 60 heavy (non-hydrogen) atoms. The van der Waals surface area contributed by atoms with E-state index in [-0.39, 0.29) is 65.4 Å². The molecule has 0 saturated carbocycles. The van der Waals surface area contributed by atoms with Crippen molar-refractivity contribution in [3.63, 3.8) is 0 Å². The van der Waals surface area contributed by atoms with E-state index in [4.69, 9.17) is 28.4 Å². The van der Waals surface area contributed by atoms with Crippen LogP contribution in [0.3, 0.4) is 0 Å². The monoisotopic (exact) mass is 850 g/mol. The van der Waals surface area contributed by atoms with E-state index in [0.717, 1.165) is 44.8 Å². The van der Waals surface area contributed by atoms with Crippen molar-refractivity contribution in [2.45, 2.75) is 136 Å². The van der Waals surface area contributed by atoms with Crippen LogP contribution in [0.15, 0.2) is 52.3 Å². The van der Waals surface area contributed by atoms with E-state index in [1.165, 1.54) is 6.92 Å². The third kappa shape index (κ3) is 23.6. The first-order valence-corrected chi connectivity index (χ1v) is 20.5. The van der Waals surface area contributed by atoms with Gasteiger partial charge in [0.05, 0.1) is 0 Å². The van der Waals surface area contributed by atoms with Gasteiger partial charge in [-0.2, -0.15) is 0 Å². The minimum absolute atomic E-state index is 0.0424. The number of hydrogen-bond donors (Lipinski definition) is 1. The van der Waals surface area contributed by atoms with E-state index in [2.05, 4.69) is 25.1 Å². The van der Waals surface area contributed by atoms with Crippen LogP contribution in [0.2, 0.25) is 0 Å². The molecule has 0 bridgehead atoms. The maximum absolute atomic E-state index is 13.5. The maximum atomic E-state index is 13.5. The van der Waals surface area contributed by atoms with Crippen molar-refractivity contribution in [2.75, 3.05) is 33.0 Å². The molecule has 0 aliphatic carbocycles. The van der Waals surface area contributed by atoms with Crippen molar-refractivity contribution in [1.29, 1.82) is 0 Å². The van der Waals surface area contributed by atoms with Crippen molar-refractivity contribution in [3.8, 4) is 0 Å². The van der Waals surface area contributed by atoms with Crippen LogP contribution in [0.5, 0.6) is 0 Å². The molecule has 336 valence electrons. The number of hydrogen-bond acceptors (Lipinski definition) is 15. The van der Waals surface area contributed by atoms with Gasteiger partial charge in [0.2, 0.25) is 6.29 Å². The second-order valence-electron chi connectivity index (χ2n) is 13.5. The number of aromatic nitrogens is 3. The molecule has 0 radical (unpaired) electrons. The van der Waals surface area contributed by atoms with Gasteiger partial charge in [0.1, 0.15) is 26.4 Å². The van der Waals surface area contributed by atoms with Crippen molar-refractivity contribution in [3.05, 3.63) is 69.4 Å². The van der Waals surface area contributed by atoms with Gasteiger partial charge in [0.25, 0.3) is 0 Å². The molecule has 0 fully saturated rings. The van der Waals surface area contributed by atoms with Gasteiger partial charge in [0, 0.05) is 64.2 Å². The Labute approximate surface area is 349 Å². The molecule has 1 heterocycles. The van der Waals surface area contributed by atoms with Gasteiger partial charge >= 0.3 is 53.0 Å². The number of carbonyl (C=O) groups excluding carboxylic acids is 6. The summed E-state index contributed by atoms with van der Waals surface area (Å²) in [6.07, 6.45) is 10.3. The van der Waals surface area contributed by atoms with Gasteiger partial charge in [-0.25, -0.2) is 47.3 Å². The average molecular weight is 851 g/mol. The zero-order chi connectivity index (χ0) is 44.5. The lowest BCUT2D eigenvalue weighted by molar-refractivity contribution is -0.158. The van der Waals surface area contributed by atoms with Crippen LogP contribution in [0, 0.1) is 0 Å². The number of esters is 5. The Bertz CT molecular complexity index is 1640. The van der Waals surface area contributed by atoms with Crippen molar-refractivity contribution in [1.82, 2.24) is 19.0 Å². The molecule has 0 aromatic carbocycles. The lowest BCUT2D eigenvalue weighted by atomic mass is 10.1. The Morgan fingerprint density at radius 1 is 0.500 bits per heavy atom. The molecule has 1 unspecified atom stereocenters. The number of ether oxygens (including phenoxy) is 6. The zero-order valence-corrected chi connectivity index (χ0v) is 34.9. The third-order valence-corrected chi connectivity index (χ3v) is 8.73. The molecule has 19 nitrogen and oxygen atoms in total. The highest BCUT2D eigenvalue weighted by molar-refractivity contribution is 5.82. The van der Waals surface area contributed by atoms with E-state index in [0.29, 0.717) is 77.0 Å². The first kappa shape index (κ1) is 52.3. The largest absolute Gasteiger partial charge is 0.462 e. The van der Waals surface area contributed by atoms with E-state index >= 15 is 0 Å². The molecule has 1 rings (SSSR count). The smallest absolute Gasteiger partial charge is 0.410 e. The fourth-order valence-electron chi connectivity index (χ4n) is 5.62. The summed E-state index contributed by atoms with van der Waals surface area (Å²) in [5, 5.41) is 2.56. The molecular weight excluding hydrogens is 788 g/mol. The maximum Gasteiger partial charge on any atom is 0.410 e. The van der Waals surface area contributed by atoms with Crippen LogP contribution >= 0.6 is 0 Å². The summed E-state index contributed by atoms with van der Waals surface area (Å²) in [7, 11) is 0. The highest BCUT2D eigenvalue weighted by Gasteiger charge is 2.16. The fourth-order valence-corrected chi connectivity index (χ4v) is 5.62. The van der Waals surface area contributed by atoms with Gasteiger partial charge in [-0.1, -0.05) is 71.1 Å². The second kappa shape index (κ2) is 32.1. The Kier molecular flexibility index (Phi) is 28.0. The van der Waals surface area contributed by atoms with E-state index in [1.807, 2.05) is 0 Å². The summed E-state index contributed by atoms with van der Waals surface area (Å²) in [5.41, 5.74) is -2.02. The van der Waals surface area contributed by atoms with Crippen LogP contribution in [0.4, 0.5) is 4.79 Å². The first-order chi connectivity index (χ1) is 28.8. The summed E-state index contributed by atoms with van der Waals surface area (Å²) in [4.78, 5) is 109. The van der Waals surface area contributed by atoms with Crippen LogP contribution in [0.1, 0.15) is 110 Å². The average Bonchev–Trinajstić information content (AvgIpc) is 3.22. The normalized spacial score (nSPS) is 11.1. The highest BCUT2D eigenvalue weighted by Crippen LogP contribution is 2.09. The molecular formula is C41H62N4O15. The number of unbranched alkanes of at least 4 members (excludes halogenated alkanes) is 11. The molecule has 0 aliphatic rings. The Morgan fingerprint density at radius 3 is 1.25 bits per heavy atom. The van der Waals surface area contributed by atoms with Gasteiger partial charge in [-0.15, -0.1) is 0 Å². The predicted molar refractivity (Wildman–Crippen MR) is 218 cm³/mol. The lowest BCUT2D eigenvalue weighted by Crippen LogP contribution is -2.54. The van der Waals surface area contributed by atoms with Crippen molar-refractivity contribution in [2.24, 2.45) is 0 Å². The molecule has 1 atom stereocenters. The minimum Gasteiger partial charge on any atom is -0.462 e. The Hall–Kier alpha value is -5.75. The van der Waals surface area contributed by atoms with Crippen LogP contribution in [0.25, 0.3) is 0 Å². The minimum atomic E-state index is -1.09. The fraction of sp³-hybridized carbons (Fsp3) is 0.634. The topological polar surface area (TPSA) is 236 Å². The zero-order valence-electron chi connectivity index (χ0n) is 34.9. The standard InChI is InChI=1S/C41H62N4O15/c1-5-33(46)55-28-30-57-36(49)22-16-10-8-13-19-25-43-39(52)44(26-20-14-9-11-17-23-37(50)58-31-29-56-34(47)6-2)41(54)45(40(43)53)27-21-15-12-18-24-42-38(51)60-32(4)59-35(48)7-3/h5-7,32H,1-3,8-31H2,4H3,(H,42,51). The molecule has 1 aromatic rings. The highest BCUT2D eigenvalue weighted by atomic mass is 16.7. The summed E-state index contributed by atoms with van der Waals surface area (Å²) < 4.78 is 32.6. The van der Waals surface area contributed by atoms with Crippen LogP contribution < -0.4 is 22.4 Å². The number of alkyl carbamates (subject to hydrolysis) is 1. The van der Waals surface area contributed by atoms with Crippen LogP contribution in [-0.2, 0) is 72.0 Å². The van der Waals surface area contributed by atoms with E-state index in [1.54, 1.807) is 0 Å². The van der Waals surface area contributed by atoms with Gasteiger partial charge in [-0.3, -0.25) is 9.59 Å². The van der Waals surface area contributed by atoms with Gasteiger partial charge in [-0.05, 0) is 38.5 Å². The van der Waals surface area contributed by atoms with Crippen molar-refractivity contribution < 1.29 is 57.2 Å². The molecule has 1 aromatic heterocycles. The SMILES string of the molecule is C=CC(=O)OCCOC(=O)CCCCCCCn1c(=O)n(CCCCCCCC(=O)OCCOC(=O)C=C)c(=O)n(CCCCCCNC(=O)OC(C)OC(=O)C=C)c1=O. The first-order valence-electron chi connectivity index (χ1n) is 20.5. The predicted octanol–water partition coefficient (Wildman–Crippen LogP) is 3.76. The van der Waals surface area contributed by atoms with E-state index < -0.39 is 59.3 Å². The number of rotatable bonds is 34. The second-order valence-corrected chi connectivity index (χ2v) is 13.5. The summed E-state index contributed by atoms with van der Waals surface area (Å²) >= 11 is 0. The quantitative estimate of drug-likeness (QED) is 0.0342. The Morgan fingerprint density at radius 2 is 0.850 bits per heavy atom. The van der Waals surface area contributed by atoms with E-state index in [9.17, 15) is 43.2 Å². The van der Waals surface area contributed by atoms with Crippen molar-refractivity contribution >= 4 is 35.9 Å². The Balaban J connectivity index is 2.70. The molecule has 0 spiro atoms. The summed E-state index contributed by atoms with van der Waals surface area (Å²) in [5.74, 6) is -2.73. The number of amides is 1. The van der Waals surface area contributed by atoms with Crippen LogP contribution in [-0.4, -0.2) is 88.9 Å². The molecule has 19 heteroatoms. The molecule has 0 saturated heterocycles. The molecule has 0 aliphatic heterocycles. The van der Waals surface area contributed by atoms with Gasteiger partial charge in [0.15, 0.2) is 0 Å². The van der Waals surface area contributed by atoms with Gasteiger partial charge < -0.3 is 33.7 Å². The number of nitrogens with one attached hydrogen (secondary N) is 1. The summed E-state index contributed by atoms with van der Waals surface area (Å²) in [6, 6.07) is 0. The number of nitrogens with zero attached hydrogens (tertiary/aromatic N) is 3. The lowest BCUT2D eigenvalue weighted by Gasteiger charge is -2.14. The molecule has 1 amide bonds.